The van der Waals surface area contributed by atoms with Gasteiger partial charge in [0.2, 0.25) is 5.78 Å². The Morgan fingerprint density at radius 2 is 1.76 bits per heavy atom. The predicted molar refractivity (Wildman–Crippen MR) is 145 cm³/mol. The van der Waals surface area contributed by atoms with E-state index in [2.05, 4.69) is 13.8 Å². The molecule has 0 spiro atoms. The highest BCUT2D eigenvalue weighted by molar-refractivity contribution is 6.43. The number of nitrogens with zero attached hydrogens (tertiary/aromatic N) is 3. The van der Waals surface area contributed by atoms with Crippen molar-refractivity contribution in [3.05, 3.63) is 70.7 Å². The van der Waals surface area contributed by atoms with Crippen LogP contribution in [0.25, 0.3) is 10.9 Å². The summed E-state index contributed by atoms with van der Waals surface area (Å²) in [5.74, 6) is -0.939. The van der Waals surface area contributed by atoms with Crippen LogP contribution in [-0.2, 0) is 22.7 Å². The summed E-state index contributed by atoms with van der Waals surface area (Å²) in [6.45, 7) is 6.96. The van der Waals surface area contributed by atoms with Crippen molar-refractivity contribution in [2.45, 2.75) is 46.4 Å². The van der Waals surface area contributed by atoms with E-state index in [9.17, 15) is 18.8 Å². The molecule has 0 aliphatic carbocycles. The number of methoxy groups -OCH3 is 1. The summed E-state index contributed by atoms with van der Waals surface area (Å²) in [7, 11) is 4.67. The van der Waals surface area contributed by atoms with E-state index in [1.54, 1.807) is 25.3 Å². The number of carbonyl (C=O) groups is 3. The first-order valence-corrected chi connectivity index (χ1v) is 13.0. The van der Waals surface area contributed by atoms with Crippen LogP contribution in [0.5, 0.6) is 0 Å². The summed E-state index contributed by atoms with van der Waals surface area (Å²) < 4.78 is 20.7. The predicted octanol–water partition coefficient (Wildman–Crippen LogP) is 4.69. The highest BCUT2D eigenvalue weighted by Crippen LogP contribution is 2.34. The molecule has 0 bridgehead atoms. The Labute approximate surface area is 223 Å². The number of Topliss-reactive ketones (excluding diaryl/α,β-unsaturated/α-hetero) is 1. The highest BCUT2D eigenvalue weighted by Gasteiger charge is 2.36. The first kappa shape index (κ1) is 27.5. The number of ether oxygens (including phenoxy) is 1. The molecule has 0 N–H and O–H groups in total. The molecule has 2 aromatic carbocycles. The Bertz CT molecular complexity index is 1360. The molecule has 1 fully saturated rings. The second kappa shape index (κ2) is 11.1. The van der Waals surface area contributed by atoms with Gasteiger partial charge in [-0.05, 0) is 74.4 Å². The van der Waals surface area contributed by atoms with Crippen LogP contribution in [0.15, 0.2) is 42.5 Å². The number of ketones is 1. The maximum atomic E-state index is 14.1. The van der Waals surface area contributed by atoms with E-state index >= 15 is 0 Å². The molecule has 1 aliphatic heterocycles. The topological polar surface area (TPSA) is 71.8 Å². The van der Waals surface area contributed by atoms with Crippen LogP contribution in [0, 0.1) is 24.6 Å². The van der Waals surface area contributed by atoms with Gasteiger partial charge in [0.1, 0.15) is 12.5 Å². The van der Waals surface area contributed by atoms with Gasteiger partial charge in [-0.1, -0.05) is 19.1 Å². The van der Waals surface area contributed by atoms with Crippen molar-refractivity contribution in [2.75, 3.05) is 27.7 Å². The number of fused-ring (bicyclic) bond motifs is 1. The largest absolute Gasteiger partial charge is 0.364 e. The van der Waals surface area contributed by atoms with Crippen LogP contribution in [-0.4, -0.2) is 65.8 Å². The minimum absolute atomic E-state index is 0.00417. The molecule has 1 aliphatic rings. The van der Waals surface area contributed by atoms with Crippen LogP contribution >= 0.6 is 0 Å². The first-order chi connectivity index (χ1) is 18.0. The maximum Gasteiger partial charge on any atom is 0.294 e. The van der Waals surface area contributed by atoms with E-state index < -0.39 is 11.7 Å². The summed E-state index contributed by atoms with van der Waals surface area (Å²) in [4.78, 5) is 42.4. The van der Waals surface area contributed by atoms with Crippen molar-refractivity contribution >= 4 is 28.5 Å². The lowest BCUT2D eigenvalue weighted by molar-refractivity contribution is -0.124. The van der Waals surface area contributed by atoms with E-state index in [0.717, 1.165) is 29.6 Å². The summed E-state index contributed by atoms with van der Waals surface area (Å²) in [6.07, 6.45) is 1.67. The summed E-state index contributed by atoms with van der Waals surface area (Å²) in [6, 6.07) is 11.7. The summed E-state index contributed by atoms with van der Waals surface area (Å²) in [5, 5.41) is 0.634. The fourth-order valence-corrected chi connectivity index (χ4v) is 5.59. The molecular weight excluding hydrogens is 485 g/mol. The van der Waals surface area contributed by atoms with Gasteiger partial charge in [0, 0.05) is 50.4 Å². The summed E-state index contributed by atoms with van der Waals surface area (Å²) >= 11 is 0. The first-order valence-electron chi connectivity index (χ1n) is 13.0. The van der Waals surface area contributed by atoms with Crippen molar-refractivity contribution in [3.8, 4) is 0 Å². The Hall–Kier alpha value is -3.52. The molecule has 4 rings (SSSR count). The number of hydrogen-bond acceptors (Lipinski definition) is 4. The second-order valence-electron chi connectivity index (χ2n) is 10.7. The highest BCUT2D eigenvalue weighted by atomic mass is 19.1. The maximum absolute atomic E-state index is 14.1. The van der Waals surface area contributed by atoms with Crippen molar-refractivity contribution in [2.24, 2.45) is 11.8 Å². The molecule has 0 radical (unpaired) electrons. The molecule has 7 nitrogen and oxygen atoms in total. The molecule has 0 saturated carbocycles. The molecule has 1 unspecified atom stereocenters. The van der Waals surface area contributed by atoms with Gasteiger partial charge in [-0.25, -0.2) is 4.39 Å². The number of halogens is 1. The number of hydrogen-bond donors (Lipinski definition) is 0. The summed E-state index contributed by atoms with van der Waals surface area (Å²) in [5.41, 5.74) is 3.40. The van der Waals surface area contributed by atoms with Gasteiger partial charge in [-0.15, -0.1) is 0 Å². The number of likely N-dealkylation sites (N-methyl/N-ethyl adjacent to an activating group) is 1. The van der Waals surface area contributed by atoms with E-state index in [-0.39, 0.29) is 36.0 Å². The van der Waals surface area contributed by atoms with Crippen LogP contribution < -0.4 is 0 Å². The van der Waals surface area contributed by atoms with Gasteiger partial charge in [-0.3, -0.25) is 14.4 Å². The number of aromatic nitrogens is 1. The lowest BCUT2D eigenvalue weighted by Crippen LogP contribution is -2.48. The van der Waals surface area contributed by atoms with Gasteiger partial charge >= 0.3 is 0 Å². The van der Waals surface area contributed by atoms with Gasteiger partial charge in [0.25, 0.3) is 11.8 Å². The van der Waals surface area contributed by atoms with Crippen LogP contribution in [0.4, 0.5) is 4.39 Å². The number of amides is 2. The third-order valence-electron chi connectivity index (χ3n) is 7.80. The molecule has 1 saturated heterocycles. The number of benzene rings is 2. The van der Waals surface area contributed by atoms with Crippen molar-refractivity contribution in [3.63, 3.8) is 0 Å². The van der Waals surface area contributed by atoms with Crippen molar-refractivity contribution in [1.29, 1.82) is 0 Å². The molecule has 2 heterocycles. The monoisotopic (exact) mass is 521 g/mol. The number of piperidine rings is 1. The average molecular weight is 522 g/mol. The zero-order valence-corrected chi connectivity index (χ0v) is 23.0. The van der Waals surface area contributed by atoms with Crippen molar-refractivity contribution in [1.82, 2.24) is 14.4 Å². The van der Waals surface area contributed by atoms with E-state index in [1.165, 1.54) is 31.1 Å². The van der Waals surface area contributed by atoms with Gasteiger partial charge < -0.3 is 19.1 Å². The Balaban J connectivity index is 1.66. The van der Waals surface area contributed by atoms with E-state index in [1.807, 2.05) is 28.5 Å². The van der Waals surface area contributed by atoms with E-state index in [0.29, 0.717) is 23.4 Å². The zero-order valence-electron chi connectivity index (χ0n) is 23.0. The minimum atomic E-state index is -0.615. The Morgan fingerprint density at radius 1 is 1.08 bits per heavy atom. The molecule has 202 valence electrons. The molecule has 2 amide bonds. The average Bonchev–Trinajstić information content (AvgIpc) is 3.16. The van der Waals surface area contributed by atoms with Crippen molar-refractivity contribution < 1.29 is 23.5 Å². The van der Waals surface area contributed by atoms with E-state index in [4.69, 9.17) is 4.74 Å². The smallest absolute Gasteiger partial charge is 0.294 e. The normalized spacial score (nSPS) is 19.6. The SMILES string of the molecule is COCn1c(C)c(C(=O)N2C[C@H](C)C(Cc3ccc(F)cc3)C[C@H]2C)c2cc(C(=O)C(=O)N(C)C)ccc21. The minimum Gasteiger partial charge on any atom is -0.364 e. The molecule has 1 aromatic heterocycles. The molecular formula is C30H36FN3O4. The van der Waals surface area contributed by atoms with Crippen LogP contribution in [0.2, 0.25) is 0 Å². The molecule has 3 aromatic rings. The molecule has 3 atom stereocenters. The zero-order chi connectivity index (χ0) is 27.7. The third-order valence-corrected chi connectivity index (χ3v) is 7.80. The van der Waals surface area contributed by atoms with Crippen LogP contribution in [0.1, 0.15) is 52.2 Å². The Kier molecular flexibility index (Phi) is 8.02. The number of likely N-dealkylation sites (tertiary alicyclic amines) is 1. The van der Waals surface area contributed by atoms with Gasteiger partial charge in [0.05, 0.1) is 11.1 Å². The second-order valence-corrected chi connectivity index (χ2v) is 10.7. The number of carbonyl (C=O) groups excluding carboxylic acids is 3. The Morgan fingerprint density at radius 3 is 2.39 bits per heavy atom. The molecule has 38 heavy (non-hydrogen) atoms. The fraction of sp³-hybridized carbons (Fsp3) is 0.433. The standard InChI is InChI=1S/C30H36FN3O4/c1-18-16-33(19(2)13-23(18)14-21-7-10-24(31)11-8-21)29(36)27-20(3)34(17-38-6)26-12-9-22(15-25(26)27)28(35)30(37)32(4)5/h7-12,15,18-19,23H,13-14,16-17H2,1-6H3/t18-,19+,23?/m0/s1. The lowest BCUT2D eigenvalue weighted by atomic mass is 9.79. The fourth-order valence-electron chi connectivity index (χ4n) is 5.59. The van der Waals surface area contributed by atoms with Crippen LogP contribution in [0.3, 0.4) is 0 Å². The quantitative estimate of drug-likeness (QED) is 0.334. The number of rotatable bonds is 7. The van der Waals surface area contributed by atoms with Gasteiger partial charge in [0.15, 0.2) is 0 Å². The molecule has 8 heteroatoms. The third kappa shape index (κ3) is 5.23. The van der Waals surface area contributed by atoms with Gasteiger partial charge in [-0.2, -0.15) is 0 Å². The lowest BCUT2D eigenvalue weighted by Gasteiger charge is -2.42.